The lowest BCUT2D eigenvalue weighted by Gasteiger charge is -2.01. The highest BCUT2D eigenvalue weighted by Crippen LogP contribution is 2.25. The van der Waals surface area contributed by atoms with Gasteiger partial charge in [0.15, 0.2) is 0 Å². The molecule has 2 heteroatoms. The van der Waals surface area contributed by atoms with Gasteiger partial charge in [0.2, 0.25) is 0 Å². The molecular formula is C17H27NS. The molecule has 1 nitrogen and oxygen atoms in total. The molecule has 0 fully saturated rings. The number of nitrogens with one attached hydrogen (secondary N) is 1. The number of thiophene rings is 1. The molecule has 0 aliphatic rings. The highest BCUT2D eigenvalue weighted by molar-refractivity contribution is 7.19. The zero-order chi connectivity index (χ0) is 13.3. The average molecular weight is 277 g/mol. The molecule has 0 unspecified atom stereocenters. The van der Waals surface area contributed by atoms with Gasteiger partial charge in [-0.05, 0) is 25.0 Å². The molecule has 0 atom stereocenters. The van der Waals surface area contributed by atoms with Crippen LogP contribution in [0.4, 0.5) is 0 Å². The molecule has 0 bridgehead atoms. The lowest BCUT2D eigenvalue weighted by Crippen LogP contribution is -1.83. The van der Waals surface area contributed by atoms with Crippen LogP contribution in [-0.2, 0) is 6.42 Å². The minimum Gasteiger partial charge on any atom is -0.360 e. The van der Waals surface area contributed by atoms with Crippen LogP contribution in [-0.4, -0.2) is 4.98 Å². The number of aryl methyl sites for hydroxylation is 1. The summed E-state index contributed by atoms with van der Waals surface area (Å²) in [4.78, 5) is 4.83. The monoisotopic (exact) mass is 277 g/mol. The predicted octanol–water partition coefficient (Wildman–Crippen LogP) is 6.30. The summed E-state index contributed by atoms with van der Waals surface area (Å²) < 4.78 is 1.41. The van der Waals surface area contributed by atoms with Crippen molar-refractivity contribution in [3.63, 3.8) is 0 Å². The van der Waals surface area contributed by atoms with E-state index in [4.69, 9.17) is 0 Å². The van der Waals surface area contributed by atoms with Crippen molar-refractivity contribution >= 4 is 21.6 Å². The molecule has 0 saturated carbocycles. The summed E-state index contributed by atoms with van der Waals surface area (Å²) in [7, 11) is 0. The molecule has 0 amide bonds. The molecule has 19 heavy (non-hydrogen) atoms. The van der Waals surface area contributed by atoms with E-state index >= 15 is 0 Å². The topological polar surface area (TPSA) is 15.8 Å². The van der Waals surface area contributed by atoms with E-state index in [2.05, 4.69) is 24.0 Å². The van der Waals surface area contributed by atoms with Gasteiger partial charge in [0, 0.05) is 11.1 Å². The zero-order valence-corrected chi connectivity index (χ0v) is 13.0. The number of aromatic amines is 1. The van der Waals surface area contributed by atoms with Gasteiger partial charge >= 0.3 is 0 Å². The summed E-state index contributed by atoms with van der Waals surface area (Å²) in [5.41, 5.74) is 1.32. The Balaban J connectivity index is 1.49. The third-order valence-corrected chi connectivity index (χ3v) is 4.97. The first-order valence-electron chi connectivity index (χ1n) is 7.96. The van der Waals surface area contributed by atoms with Crippen molar-refractivity contribution in [2.75, 3.05) is 0 Å². The Morgan fingerprint density at radius 2 is 1.63 bits per heavy atom. The number of fused-ring (bicyclic) bond motifs is 1. The molecule has 0 aliphatic heterocycles. The van der Waals surface area contributed by atoms with E-state index in [0.29, 0.717) is 0 Å². The predicted molar refractivity (Wildman–Crippen MR) is 87.1 cm³/mol. The number of rotatable bonds is 10. The minimum atomic E-state index is 1.27. The lowest BCUT2D eigenvalue weighted by molar-refractivity contribution is 0.565. The van der Waals surface area contributed by atoms with E-state index in [1.807, 2.05) is 17.5 Å². The van der Waals surface area contributed by atoms with Gasteiger partial charge in [-0.2, -0.15) is 0 Å². The van der Waals surface area contributed by atoms with Crippen molar-refractivity contribution in [2.24, 2.45) is 0 Å². The van der Waals surface area contributed by atoms with Crippen molar-refractivity contribution in [3.8, 4) is 0 Å². The lowest BCUT2D eigenvalue weighted by atomic mass is 10.1. The maximum Gasteiger partial charge on any atom is 0.0566 e. The van der Waals surface area contributed by atoms with Crippen LogP contribution < -0.4 is 0 Å². The third-order valence-electron chi connectivity index (χ3n) is 3.81. The second-order valence-corrected chi connectivity index (χ2v) is 6.72. The molecule has 0 saturated heterocycles. The average Bonchev–Trinajstić information content (AvgIpc) is 2.97. The van der Waals surface area contributed by atoms with Crippen molar-refractivity contribution in [2.45, 2.75) is 71.1 Å². The summed E-state index contributed by atoms with van der Waals surface area (Å²) in [5.74, 6) is 0. The molecule has 0 aliphatic carbocycles. The van der Waals surface area contributed by atoms with Crippen molar-refractivity contribution in [1.82, 2.24) is 4.98 Å². The van der Waals surface area contributed by atoms with Crippen LogP contribution in [0, 0.1) is 0 Å². The van der Waals surface area contributed by atoms with Crippen LogP contribution >= 0.6 is 11.3 Å². The number of hydrogen-bond donors (Lipinski definition) is 1. The second-order valence-electron chi connectivity index (χ2n) is 5.55. The standard InChI is InChI=1S/C17H27NS/c1-2-3-4-5-6-7-8-9-10-11-15-14-16-17(19-15)12-13-18-16/h12-14,18H,2-11H2,1H3. The first-order valence-corrected chi connectivity index (χ1v) is 8.77. The van der Waals surface area contributed by atoms with E-state index in [9.17, 15) is 0 Å². The van der Waals surface area contributed by atoms with E-state index in [0.717, 1.165) is 0 Å². The van der Waals surface area contributed by atoms with E-state index in [1.54, 1.807) is 4.88 Å². The van der Waals surface area contributed by atoms with Crippen LogP contribution in [0.1, 0.15) is 69.6 Å². The van der Waals surface area contributed by atoms with Gasteiger partial charge in [0.1, 0.15) is 0 Å². The number of hydrogen-bond acceptors (Lipinski definition) is 1. The molecular weight excluding hydrogens is 250 g/mol. The maximum absolute atomic E-state index is 3.29. The fourth-order valence-corrected chi connectivity index (χ4v) is 3.70. The quantitative estimate of drug-likeness (QED) is 0.490. The van der Waals surface area contributed by atoms with Crippen LogP contribution in [0.15, 0.2) is 18.3 Å². The molecule has 0 radical (unpaired) electrons. The molecule has 2 aromatic rings. The summed E-state index contributed by atoms with van der Waals surface area (Å²) in [6.45, 7) is 2.28. The molecule has 106 valence electrons. The van der Waals surface area contributed by atoms with Crippen LogP contribution in [0.3, 0.4) is 0 Å². The van der Waals surface area contributed by atoms with Gasteiger partial charge in [0.25, 0.3) is 0 Å². The number of unbranched alkanes of at least 4 members (excludes halogenated alkanes) is 8. The van der Waals surface area contributed by atoms with Crippen LogP contribution in [0.25, 0.3) is 10.2 Å². The molecule has 1 N–H and O–H groups in total. The SMILES string of the molecule is CCCCCCCCCCCc1cc2[nH]ccc2s1. The van der Waals surface area contributed by atoms with E-state index in [-0.39, 0.29) is 0 Å². The van der Waals surface area contributed by atoms with Crippen molar-refractivity contribution < 1.29 is 0 Å². The van der Waals surface area contributed by atoms with Gasteiger partial charge in [-0.3, -0.25) is 0 Å². The molecule has 2 aromatic heterocycles. The Labute approximate surface area is 121 Å². The maximum atomic E-state index is 3.29. The fraction of sp³-hybridized carbons (Fsp3) is 0.647. The highest BCUT2D eigenvalue weighted by Gasteiger charge is 2.01. The minimum absolute atomic E-state index is 1.27. The van der Waals surface area contributed by atoms with Gasteiger partial charge < -0.3 is 4.98 Å². The normalized spacial score (nSPS) is 11.4. The van der Waals surface area contributed by atoms with Gasteiger partial charge in [0.05, 0.1) is 10.2 Å². The fourth-order valence-electron chi connectivity index (χ4n) is 2.63. The number of H-pyrrole nitrogens is 1. The Hall–Kier alpha value is -0.760. The number of aromatic nitrogens is 1. The van der Waals surface area contributed by atoms with E-state index in [1.165, 1.54) is 74.4 Å². The summed E-state index contributed by atoms with van der Waals surface area (Å²) in [6.07, 6.45) is 16.0. The molecule has 2 rings (SSSR count). The first-order chi connectivity index (χ1) is 9.40. The van der Waals surface area contributed by atoms with Gasteiger partial charge in [-0.25, -0.2) is 0 Å². The molecule has 0 aromatic carbocycles. The van der Waals surface area contributed by atoms with Crippen molar-refractivity contribution in [1.29, 1.82) is 0 Å². The van der Waals surface area contributed by atoms with Crippen LogP contribution in [0.2, 0.25) is 0 Å². The molecule has 0 spiro atoms. The second kappa shape index (κ2) is 8.42. The first kappa shape index (κ1) is 14.6. The highest BCUT2D eigenvalue weighted by atomic mass is 32.1. The van der Waals surface area contributed by atoms with Gasteiger partial charge in [-0.1, -0.05) is 58.3 Å². The largest absolute Gasteiger partial charge is 0.360 e. The van der Waals surface area contributed by atoms with Crippen LogP contribution in [0.5, 0.6) is 0 Å². The Bertz CT molecular complexity index is 426. The third kappa shape index (κ3) is 5.02. The zero-order valence-electron chi connectivity index (χ0n) is 12.2. The summed E-state index contributed by atoms with van der Waals surface area (Å²) >= 11 is 1.95. The smallest absolute Gasteiger partial charge is 0.0566 e. The Morgan fingerprint density at radius 1 is 0.947 bits per heavy atom. The Morgan fingerprint density at radius 3 is 2.32 bits per heavy atom. The molecule has 2 heterocycles. The van der Waals surface area contributed by atoms with E-state index < -0.39 is 0 Å². The summed E-state index contributed by atoms with van der Waals surface area (Å²) in [5, 5.41) is 0. The Kier molecular flexibility index (Phi) is 6.49. The summed E-state index contributed by atoms with van der Waals surface area (Å²) in [6, 6.07) is 4.50. The van der Waals surface area contributed by atoms with Crippen molar-refractivity contribution in [3.05, 3.63) is 23.2 Å². The van der Waals surface area contributed by atoms with Gasteiger partial charge in [-0.15, -0.1) is 11.3 Å².